The number of carbonyl (C=O) groups is 2. The maximum Gasteiger partial charge on any atom is 0.316 e. The molecule has 0 radical (unpaired) electrons. The van der Waals surface area contributed by atoms with E-state index in [2.05, 4.69) is 20.8 Å². The van der Waals surface area contributed by atoms with Crippen molar-refractivity contribution in [1.29, 1.82) is 0 Å². The highest BCUT2D eigenvalue weighted by Gasteiger charge is 2.63. The highest BCUT2D eigenvalue weighted by atomic mass is 16.5. The van der Waals surface area contributed by atoms with Gasteiger partial charge in [0, 0.05) is 11.8 Å². The lowest BCUT2D eigenvalue weighted by Crippen LogP contribution is -2.39. The molecule has 2 bridgehead atoms. The first-order valence-corrected chi connectivity index (χ1v) is 7.59. The Morgan fingerprint density at radius 2 is 2.00 bits per heavy atom. The number of Topliss-reactive ketones (excluding diaryl/α,β-unsaturated/α-hetero) is 1. The molecular formula is C16H24O3. The molecule has 106 valence electrons. The van der Waals surface area contributed by atoms with Crippen molar-refractivity contribution < 1.29 is 14.3 Å². The second kappa shape index (κ2) is 4.07. The molecule has 3 heteroatoms. The van der Waals surface area contributed by atoms with Crippen LogP contribution in [0.2, 0.25) is 0 Å². The quantitative estimate of drug-likeness (QED) is 0.568. The zero-order valence-electron chi connectivity index (χ0n) is 12.2. The largest absolute Gasteiger partial charge is 0.461 e. The second-order valence-electron chi connectivity index (χ2n) is 7.45. The summed E-state index contributed by atoms with van der Waals surface area (Å²) in [5.74, 6) is 0.0232. The second-order valence-corrected chi connectivity index (χ2v) is 7.45. The fourth-order valence-electron chi connectivity index (χ4n) is 4.60. The van der Waals surface area contributed by atoms with Crippen molar-refractivity contribution >= 4 is 11.8 Å². The van der Waals surface area contributed by atoms with Crippen LogP contribution in [0.25, 0.3) is 0 Å². The van der Waals surface area contributed by atoms with Crippen molar-refractivity contribution in [3.8, 4) is 0 Å². The standard InChI is InChI=1S/C16H24O3/c1-15(2)10-7-8-16(15,3)13(9-10)19-14(18)11-5-4-6-12(11)17/h10-11,13H,4-9H2,1-3H3/t10-,11?,13+,16+/m1/s1. The number of ether oxygens (including phenoxy) is 1. The summed E-state index contributed by atoms with van der Waals surface area (Å²) in [6.45, 7) is 6.87. The number of esters is 1. The van der Waals surface area contributed by atoms with E-state index in [1.54, 1.807) is 0 Å². The Kier molecular flexibility index (Phi) is 2.81. The number of rotatable bonds is 2. The van der Waals surface area contributed by atoms with Crippen LogP contribution in [0.5, 0.6) is 0 Å². The Morgan fingerprint density at radius 1 is 1.26 bits per heavy atom. The predicted octanol–water partition coefficient (Wildman–Crippen LogP) is 3.11. The molecular weight excluding hydrogens is 240 g/mol. The number of carbonyl (C=O) groups excluding carboxylic acids is 2. The zero-order chi connectivity index (χ0) is 13.8. The topological polar surface area (TPSA) is 43.4 Å². The van der Waals surface area contributed by atoms with Crippen LogP contribution in [-0.4, -0.2) is 17.9 Å². The third-order valence-electron chi connectivity index (χ3n) is 6.56. The minimum atomic E-state index is -0.467. The maximum absolute atomic E-state index is 12.2. The van der Waals surface area contributed by atoms with Crippen molar-refractivity contribution in [3.05, 3.63) is 0 Å². The van der Waals surface area contributed by atoms with Gasteiger partial charge < -0.3 is 4.74 Å². The van der Waals surface area contributed by atoms with Gasteiger partial charge in [-0.15, -0.1) is 0 Å². The Balaban J connectivity index is 1.72. The fourth-order valence-corrected chi connectivity index (χ4v) is 4.60. The van der Waals surface area contributed by atoms with Crippen LogP contribution in [0.15, 0.2) is 0 Å². The number of hydrogen-bond acceptors (Lipinski definition) is 3. The van der Waals surface area contributed by atoms with Gasteiger partial charge in [-0.1, -0.05) is 20.8 Å². The van der Waals surface area contributed by atoms with E-state index < -0.39 is 5.92 Å². The third-order valence-corrected chi connectivity index (χ3v) is 6.56. The monoisotopic (exact) mass is 264 g/mol. The molecule has 3 aliphatic rings. The van der Waals surface area contributed by atoms with E-state index in [4.69, 9.17) is 4.74 Å². The molecule has 3 nitrogen and oxygen atoms in total. The van der Waals surface area contributed by atoms with Crippen molar-refractivity contribution in [3.63, 3.8) is 0 Å². The minimum absolute atomic E-state index is 0.0159. The molecule has 1 unspecified atom stereocenters. The van der Waals surface area contributed by atoms with Gasteiger partial charge in [0.25, 0.3) is 0 Å². The van der Waals surface area contributed by atoms with Gasteiger partial charge in [0.15, 0.2) is 0 Å². The third kappa shape index (κ3) is 1.70. The average molecular weight is 264 g/mol. The molecule has 0 amide bonds. The van der Waals surface area contributed by atoms with Crippen LogP contribution in [0.4, 0.5) is 0 Å². The van der Waals surface area contributed by atoms with Crippen molar-refractivity contribution in [2.75, 3.05) is 0 Å². The molecule has 0 heterocycles. The van der Waals surface area contributed by atoms with Gasteiger partial charge in [-0.05, 0) is 43.4 Å². The van der Waals surface area contributed by atoms with Crippen LogP contribution in [0.1, 0.15) is 59.3 Å². The average Bonchev–Trinajstić information content (AvgIpc) is 2.90. The summed E-state index contributed by atoms with van der Waals surface area (Å²) in [5.41, 5.74) is 0.340. The van der Waals surface area contributed by atoms with Crippen LogP contribution >= 0.6 is 0 Å². The summed E-state index contributed by atoms with van der Waals surface area (Å²) in [6, 6.07) is 0. The number of ketones is 1. The molecule has 4 atom stereocenters. The maximum atomic E-state index is 12.2. The summed E-state index contributed by atoms with van der Waals surface area (Å²) in [4.78, 5) is 23.9. The highest BCUT2D eigenvalue weighted by molar-refractivity contribution is 6.00. The van der Waals surface area contributed by atoms with E-state index in [9.17, 15) is 9.59 Å². The number of hydrogen-bond donors (Lipinski definition) is 0. The van der Waals surface area contributed by atoms with Gasteiger partial charge in [-0.3, -0.25) is 9.59 Å². The van der Waals surface area contributed by atoms with E-state index in [1.807, 2.05) is 0 Å². The minimum Gasteiger partial charge on any atom is -0.461 e. The van der Waals surface area contributed by atoms with Crippen LogP contribution in [-0.2, 0) is 14.3 Å². The van der Waals surface area contributed by atoms with Gasteiger partial charge in [0.05, 0.1) is 0 Å². The van der Waals surface area contributed by atoms with Crippen LogP contribution in [0, 0.1) is 22.7 Å². The summed E-state index contributed by atoms with van der Waals surface area (Å²) < 4.78 is 5.78. The molecule has 0 aromatic carbocycles. The number of fused-ring (bicyclic) bond motifs is 2. The van der Waals surface area contributed by atoms with E-state index in [0.717, 1.165) is 19.3 Å². The summed E-state index contributed by atoms with van der Waals surface area (Å²) in [5, 5.41) is 0. The van der Waals surface area contributed by atoms with Gasteiger partial charge in [0.2, 0.25) is 0 Å². The first kappa shape index (κ1) is 13.1. The zero-order valence-corrected chi connectivity index (χ0v) is 12.2. The van der Waals surface area contributed by atoms with Crippen molar-refractivity contribution in [1.82, 2.24) is 0 Å². The smallest absolute Gasteiger partial charge is 0.316 e. The van der Waals surface area contributed by atoms with Gasteiger partial charge in [-0.25, -0.2) is 0 Å². The normalized spacial score (nSPS) is 43.7. The fraction of sp³-hybridized carbons (Fsp3) is 0.875. The lowest BCUT2D eigenvalue weighted by atomic mass is 9.70. The molecule has 3 aliphatic carbocycles. The molecule has 3 rings (SSSR count). The molecule has 0 aliphatic heterocycles. The molecule has 0 saturated heterocycles. The van der Waals surface area contributed by atoms with Crippen LogP contribution in [0.3, 0.4) is 0 Å². The van der Waals surface area contributed by atoms with E-state index in [-0.39, 0.29) is 28.7 Å². The summed E-state index contributed by atoms with van der Waals surface area (Å²) in [6.07, 6.45) is 5.47. The van der Waals surface area contributed by atoms with Crippen LogP contribution < -0.4 is 0 Å². The van der Waals surface area contributed by atoms with Crippen molar-refractivity contribution in [2.24, 2.45) is 22.7 Å². The predicted molar refractivity (Wildman–Crippen MR) is 71.5 cm³/mol. The first-order chi connectivity index (χ1) is 8.86. The van der Waals surface area contributed by atoms with Gasteiger partial charge in [-0.2, -0.15) is 0 Å². The summed E-state index contributed by atoms with van der Waals surface area (Å²) in [7, 11) is 0. The lowest BCUT2D eigenvalue weighted by Gasteiger charge is -2.38. The Labute approximate surface area is 115 Å². The summed E-state index contributed by atoms with van der Waals surface area (Å²) >= 11 is 0. The molecule has 19 heavy (non-hydrogen) atoms. The molecule has 0 N–H and O–H groups in total. The van der Waals surface area contributed by atoms with E-state index in [1.165, 1.54) is 6.42 Å². The molecule has 3 saturated carbocycles. The highest BCUT2D eigenvalue weighted by Crippen LogP contribution is 2.66. The van der Waals surface area contributed by atoms with E-state index >= 15 is 0 Å². The molecule has 0 spiro atoms. The SMILES string of the molecule is CC1(C)[C@@H]2CC[C@@]1(C)[C@@H](OC(=O)C1CCCC1=O)C2. The molecule has 3 fully saturated rings. The molecule has 0 aromatic rings. The Morgan fingerprint density at radius 3 is 2.47 bits per heavy atom. The Bertz CT molecular complexity index is 426. The lowest BCUT2D eigenvalue weighted by molar-refractivity contribution is -0.163. The first-order valence-electron chi connectivity index (χ1n) is 7.59. The van der Waals surface area contributed by atoms with Gasteiger partial charge >= 0.3 is 5.97 Å². The van der Waals surface area contributed by atoms with Gasteiger partial charge in [0.1, 0.15) is 17.8 Å². The van der Waals surface area contributed by atoms with E-state index in [0.29, 0.717) is 18.8 Å². The molecule has 0 aromatic heterocycles. The van der Waals surface area contributed by atoms with Crippen molar-refractivity contribution in [2.45, 2.75) is 65.4 Å². The Hall–Kier alpha value is -0.860.